The maximum atomic E-state index is 11.4. The smallest absolute Gasteiger partial charge is 0.303 e. The Morgan fingerprint density at radius 1 is 0.875 bits per heavy atom. The van der Waals surface area contributed by atoms with Gasteiger partial charge in [-0.05, 0) is 30.5 Å². The van der Waals surface area contributed by atoms with Crippen molar-refractivity contribution < 1.29 is 24.2 Å². The van der Waals surface area contributed by atoms with E-state index in [0.717, 1.165) is 11.1 Å². The summed E-state index contributed by atoms with van der Waals surface area (Å²) in [6, 6.07) is 23.0. The van der Waals surface area contributed by atoms with Crippen molar-refractivity contribution in [1.82, 2.24) is 0 Å². The third kappa shape index (κ3) is 7.71. The molecule has 7 heteroatoms. The van der Waals surface area contributed by atoms with E-state index in [0.29, 0.717) is 42.3 Å². The van der Waals surface area contributed by atoms with Crippen LogP contribution in [0.3, 0.4) is 0 Å². The number of carboxylic acids is 1. The molecule has 0 aliphatic carbocycles. The van der Waals surface area contributed by atoms with Gasteiger partial charge in [0.1, 0.15) is 17.2 Å². The van der Waals surface area contributed by atoms with Crippen LogP contribution in [-0.2, 0) is 16.0 Å². The van der Waals surface area contributed by atoms with Crippen LogP contribution in [-0.4, -0.2) is 53.1 Å². The Balaban J connectivity index is 0.00000363. The fraction of sp³-hybridized carbons (Fsp3) is 0.200. The minimum atomic E-state index is -0.832. The van der Waals surface area contributed by atoms with Crippen LogP contribution in [0.1, 0.15) is 24.8 Å². The molecule has 0 heterocycles. The number of carboxylic acid groups (broad SMARTS) is 1. The van der Waals surface area contributed by atoms with E-state index < -0.39 is 11.9 Å². The Morgan fingerprint density at radius 3 is 2.31 bits per heavy atom. The molecule has 0 unspecified atom stereocenters. The van der Waals surface area contributed by atoms with Crippen molar-refractivity contribution in [1.29, 1.82) is 0 Å². The number of aliphatic carboxylic acids is 1. The number of benzene rings is 3. The van der Waals surface area contributed by atoms with Crippen LogP contribution in [0.2, 0.25) is 0 Å². The molecule has 0 fully saturated rings. The van der Waals surface area contributed by atoms with Gasteiger partial charge in [-0.2, -0.15) is 0 Å². The average Bonchev–Trinajstić information content (AvgIpc) is 2.75. The molecule has 3 aromatic carbocycles. The summed E-state index contributed by atoms with van der Waals surface area (Å²) in [5, 5.41) is 8.75. The third-order valence-electron chi connectivity index (χ3n) is 4.65. The van der Waals surface area contributed by atoms with E-state index in [1.807, 2.05) is 54.6 Å². The van der Waals surface area contributed by atoms with Crippen molar-refractivity contribution in [3.05, 3.63) is 78.4 Å². The summed E-state index contributed by atoms with van der Waals surface area (Å²) >= 11 is 0. The summed E-state index contributed by atoms with van der Waals surface area (Å²) in [4.78, 5) is 22.1. The van der Waals surface area contributed by atoms with Gasteiger partial charge in [0.05, 0.1) is 13.0 Å². The van der Waals surface area contributed by atoms with E-state index in [-0.39, 0.29) is 42.4 Å². The molecular weight excluding hydrogens is 417 g/mol. The molecule has 0 saturated heterocycles. The van der Waals surface area contributed by atoms with E-state index >= 15 is 0 Å². The van der Waals surface area contributed by atoms with Gasteiger partial charge < -0.3 is 20.3 Å². The molecule has 32 heavy (non-hydrogen) atoms. The molecular formula is C25H25NNaO5. The van der Waals surface area contributed by atoms with Crippen LogP contribution >= 0.6 is 0 Å². The Bertz CT molecular complexity index is 1040. The van der Waals surface area contributed by atoms with Crippen LogP contribution in [0.15, 0.2) is 72.8 Å². The summed E-state index contributed by atoms with van der Waals surface area (Å²) in [6.07, 6.45) is 1.24. The average molecular weight is 442 g/mol. The molecule has 0 atom stereocenters. The van der Waals surface area contributed by atoms with Crippen LogP contribution in [0.25, 0.3) is 11.1 Å². The predicted octanol–water partition coefficient (Wildman–Crippen LogP) is 4.43. The van der Waals surface area contributed by atoms with Crippen molar-refractivity contribution in [2.45, 2.75) is 25.7 Å². The fourth-order valence-corrected chi connectivity index (χ4v) is 3.17. The first-order valence-electron chi connectivity index (χ1n) is 10.1. The number of amides is 1. The van der Waals surface area contributed by atoms with Crippen molar-refractivity contribution in [2.75, 3.05) is 6.61 Å². The quantitative estimate of drug-likeness (QED) is 0.338. The van der Waals surface area contributed by atoms with Crippen molar-refractivity contribution in [3.8, 4) is 28.4 Å². The Kier molecular flexibility index (Phi) is 10.3. The van der Waals surface area contributed by atoms with Crippen molar-refractivity contribution >= 4 is 41.4 Å². The maximum Gasteiger partial charge on any atom is 0.303 e. The van der Waals surface area contributed by atoms with E-state index in [1.54, 1.807) is 18.2 Å². The number of para-hydroxylation sites is 1. The second kappa shape index (κ2) is 12.9. The predicted molar refractivity (Wildman–Crippen MR) is 124 cm³/mol. The normalized spacial score (nSPS) is 10.1. The van der Waals surface area contributed by atoms with Gasteiger partial charge >= 0.3 is 5.97 Å². The zero-order valence-electron chi connectivity index (χ0n) is 18.1. The first kappa shape index (κ1) is 25.5. The first-order chi connectivity index (χ1) is 15.0. The molecule has 0 aliphatic heterocycles. The molecule has 0 aliphatic rings. The van der Waals surface area contributed by atoms with Gasteiger partial charge in [0.25, 0.3) is 0 Å². The van der Waals surface area contributed by atoms with Gasteiger partial charge in [-0.3, -0.25) is 9.59 Å². The largest absolute Gasteiger partial charge is 0.493 e. The summed E-state index contributed by atoms with van der Waals surface area (Å²) in [6.45, 7) is 0.336. The summed E-state index contributed by atoms with van der Waals surface area (Å²) in [5.74, 6) is 0.477. The zero-order chi connectivity index (χ0) is 22.1. The minimum absolute atomic E-state index is 0. The molecule has 0 saturated carbocycles. The van der Waals surface area contributed by atoms with Crippen molar-refractivity contribution in [3.63, 3.8) is 0 Å². The molecule has 3 aromatic rings. The maximum absolute atomic E-state index is 11.4. The molecule has 6 nitrogen and oxygen atoms in total. The minimum Gasteiger partial charge on any atom is -0.493 e. The van der Waals surface area contributed by atoms with Crippen LogP contribution < -0.4 is 15.2 Å². The van der Waals surface area contributed by atoms with Gasteiger partial charge in [0, 0.05) is 53.2 Å². The Labute approximate surface area is 209 Å². The SMILES string of the molecule is NC(=O)Cc1ccc(Oc2ccccc2-c2ccccc2)cc1OCCCCC(=O)O.[Na]. The second-order valence-corrected chi connectivity index (χ2v) is 7.08. The molecule has 0 bridgehead atoms. The Morgan fingerprint density at radius 2 is 1.59 bits per heavy atom. The topological polar surface area (TPSA) is 98.9 Å². The number of ether oxygens (including phenoxy) is 2. The van der Waals surface area contributed by atoms with E-state index in [1.165, 1.54) is 0 Å². The molecule has 1 amide bonds. The van der Waals surface area contributed by atoms with E-state index in [2.05, 4.69) is 0 Å². The molecule has 0 aromatic heterocycles. The van der Waals surface area contributed by atoms with Gasteiger partial charge in [-0.15, -0.1) is 0 Å². The number of primary amides is 1. The molecule has 1 radical (unpaired) electrons. The number of hydrogen-bond donors (Lipinski definition) is 2. The zero-order valence-corrected chi connectivity index (χ0v) is 20.1. The summed E-state index contributed by atoms with van der Waals surface area (Å²) in [5.41, 5.74) is 8.02. The number of carbonyl (C=O) groups excluding carboxylic acids is 1. The molecule has 0 spiro atoms. The number of rotatable bonds is 11. The molecule has 161 valence electrons. The fourth-order valence-electron chi connectivity index (χ4n) is 3.17. The first-order valence-corrected chi connectivity index (χ1v) is 10.1. The third-order valence-corrected chi connectivity index (χ3v) is 4.65. The summed E-state index contributed by atoms with van der Waals surface area (Å²) in [7, 11) is 0. The summed E-state index contributed by atoms with van der Waals surface area (Å²) < 4.78 is 12.0. The van der Waals surface area contributed by atoms with Crippen molar-refractivity contribution in [2.24, 2.45) is 5.73 Å². The molecule has 3 N–H and O–H groups in total. The number of carbonyl (C=O) groups is 2. The van der Waals surface area contributed by atoms with Gasteiger partial charge in [0.15, 0.2) is 0 Å². The van der Waals surface area contributed by atoms with Crippen LogP contribution in [0.5, 0.6) is 17.2 Å². The van der Waals surface area contributed by atoms with Gasteiger partial charge in [0.2, 0.25) is 5.91 Å². The van der Waals surface area contributed by atoms with E-state index in [4.69, 9.17) is 20.3 Å². The van der Waals surface area contributed by atoms with Gasteiger partial charge in [-0.25, -0.2) is 0 Å². The second-order valence-electron chi connectivity index (χ2n) is 7.08. The van der Waals surface area contributed by atoms with Gasteiger partial charge in [-0.1, -0.05) is 54.6 Å². The Hall–Kier alpha value is -2.80. The monoisotopic (exact) mass is 442 g/mol. The molecule has 3 rings (SSSR count). The van der Waals surface area contributed by atoms with E-state index in [9.17, 15) is 9.59 Å². The number of hydrogen-bond acceptors (Lipinski definition) is 4. The van der Waals surface area contributed by atoms with Crippen LogP contribution in [0.4, 0.5) is 0 Å². The van der Waals surface area contributed by atoms with Crippen LogP contribution in [0, 0.1) is 0 Å². The number of unbranched alkanes of at least 4 members (excludes halogenated alkanes) is 1. The number of nitrogens with two attached hydrogens (primary N) is 1. The standard InChI is InChI=1S/C25H25NO5.Na/c26-24(27)16-19-13-14-20(17-23(19)30-15-7-6-12-25(28)29)31-22-11-5-4-10-21(22)18-8-2-1-3-9-18;/h1-5,8-11,13-14,17H,6-7,12,15-16H2,(H2,26,27)(H,28,29);.